The number of hydrogen-bond donors (Lipinski definition) is 0. The number of rotatable bonds is 1. The Morgan fingerprint density at radius 1 is 1.24 bits per heavy atom. The lowest BCUT2D eigenvalue weighted by Crippen LogP contribution is -1.95. The van der Waals surface area contributed by atoms with Gasteiger partial charge in [0, 0.05) is 28.5 Å². The van der Waals surface area contributed by atoms with Crippen LogP contribution in [0.3, 0.4) is 0 Å². The summed E-state index contributed by atoms with van der Waals surface area (Å²) in [5.74, 6) is 0. The minimum absolute atomic E-state index is 0.701. The number of aromatic nitrogens is 3. The molecule has 3 nitrogen and oxygen atoms in total. The van der Waals surface area contributed by atoms with Crippen molar-refractivity contribution < 1.29 is 0 Å². The molecule has 0 aliphatic carbocycles. The van der Waals surface area contributed by atoms with Crippen LogP contribution in [0.2, 0.25) is 5.02 Å². The molecule has 0 fully saturated rings. The maximum absolute atomic E-state index is 5.99. The molecular weight excluding hydrogens is 234 g/mol. The van der Waals surface area contributed by atoms with Crippen LogP contribution in [0.1, 0.15) is 5.69 Å². The quantitative estimate of drug-likeness (QED) is 0.656. The van der Waals surface area contributed by atoms with E-state index in [9.17, 15) is 0 Å². The first kappa shape index (κ1) is 10.3. The minimum Gasteiger partial charge on any atom is -0.306 e. The van der Waals surface area contributed by atoms with Gasteiger partial charge in [-0.2, -0.15) is 0 Å². The third-order valence-electron chi connectivity index (χ3n) is 2.66. The van der Waals surface area contributed by atoms with Gasteiger partial charge in [0.05, 0.1) is 17.5 Å². The fraction of sp³-hybridized carbons (Fsp3) is 0.0769. The second-order valence-electron chi connectivity index (χ2n) is 3.91. The zero-order valence-corrected chi connectivity index (χ0v) is 10.0. The van der Waals surface area contributed by atoms with Gasteiger partial charge in [0.1, 0.15) is 0 Å². The predicted molar refractivity (Wildman–Crippen MR) is 68.6 cm³/mol. The highest BCUT2D eigenvalue weighted by Gasteiger charge is 2.06. The first-order chi connectivity index (χ1) is 8.24. The van der Waals surface area contributed by atoms with Gasteiger partial charge in [0.25, 0.3) is 0 Å². The first-order valence-corrected chi connectivity index (χ1v) is 5.67. The Balaban J connectivity index is 2.38. The molecule has 2 heterocycles. The standard InChI is InChI=1S/C13H10ClN3/c1-9-6-13(17-5-4-15-8-17)11-3-2-10(14)7-12(11)16-9/h2-8H,1H3. The molecule has 4 heteroatoms. The maximum Gasteiger partial charge on any atom is 0.0991 e. The van der Waals surface area contributed by atoms with Crippen LogP contribution in [0.25, 0.3) is 16.6 Å². The molecule has 0 bridgehead atoms. The van der Waals surface area contributed by atoms with Gasteiger partial charge < -0.3 is 4.57 Å². The number of fused-ring (bicyclic) bond motifs is 1. The largest absolute Gasteiger partial charge is 0.306 e. The van der Waals surface area contributed by atoms with Crippen molar-refractivity contribution in [2.75, 3.05) is 0 Å². The van der Waals surface area contributed by atoms with Crippen molar-refractivity contribution in [2.24, 2.45) is 0 Å². The van der Waals surface area contributed by atoms with E-state index in [-0.39, 0.29) is 0 Å². The molecule has 3 aromatic rings. The molecule has 3 rings (SSSR count). The van der Waals surface area contributed by atoms with E-state index in [1.165, 1.54) is 0 Å². The molecule has 84 valence electrons. The third-order valence-corrected chi connectivity index (χ3v) is 2.90. The van der Waals surface area contributed by atoms with Crippen molar-refractivity contribution >= 4 is 22.5 Å². The second-order valence-corrected chi connectivity index (χ2v) is 4.35. The summed E-state index contributed by atoms with van der Waals surface area (Å²) in [6.07, 6.45) is 5.46. The van der Waals surface area contributed by atoms with Gasteiger partial charge in [0.15, 0.2) is 0 Å². The van der Waals surface area contributed by atoms with Crippen LogP contribution >= 0.6 is 11.6 Å². The summed E-state index contributed by atoms with van der Waals surface area (Å²) in [7, 11) is 0. The van der Waals surface area contributed by atoms with Gasteiger partial charge in [-0.05, 0) is 31.2 Å². The van der Waals surface area contributed by atoms with Crippen molar-refractivity contribution in [2.45, 2.75) is 6.92 Å². The normalized spacial score (nSPS) is 10.9. The Morgan fingerprint density at radius 3 is 2.88 bits per heavy atom. The summed E-state index contributed by atoms with van der Waals surface area (Å²) in [5.41, 5.74) is 2.94. The zero-order valence-electron chi connectivity index (χ0n) is 9.26. The maximum atomic E-state index is 5.99. The number of benzene rings is 1. The van der Waals surface area contributed by atoms with Gasteiger partial charge in [-0.25, -0.2) is 4.98 Å². The monoisotopic (exact) mass is 243 g/mol. The minimum atomic E-state index is 0.701. The topological polar surface area (TPSA) is 30.7 Å². The van der Waals surface area contributed by atoms with Crippen LogP contribution in [-0.2, 0) is 0 Å². The molecule has 0 spiro atoms. The van der Waals surface area contributed by atoms with E-state index in [0.717, 1.165) is 22.3 Å². The molecule has 0 N–H and O–H groups in total. The summed E-state index contributed by atoms with van der Waals surface area (Å²) in [6, 6.07) is 7.78. The summed E-state index contributed by atoms with van der Waals surface area (Å²) in [4.78, 5) is 8.56. The van der Waals surface area contributed by atoms with Gasteiger partial charge in [-0.3, -0.25) is 4.98 Å². The van der Waals surface area contributed by atoms with Gasteiger partial charge in [-0.15, -0.1) is 0 Å². The van der Waals surface area contributed by atoms with Crippen molar-refractivity contribution in [3.05, 3.63) is 53.7 Å². The van der Waals surface area contributed by atoms with E-state index in [2.05, 4.69) is 9.97 Å². The fourth-order valence-corrected chi connectivity index (χ4v) is 2.09. The van der Waals surface area contributed by atoms with Gasteiger partial charge in [-0.1, -0.05) is 11.6 Å². The Hall–Kier alpha value is -1.87. The Labute approximate surface area is 104 Å². The molecule has 0 amide bonds. The van der Waals surface area contributed by atoms with Crippen molar-refractivity contribution in [3.8, 4) is 5.69 Å². The number of aryl methyl sites for hydroxylation is 1. The number of imidazole rings is 1. The van der Waals surface area contributed by atoms with Crippen LogP contribution < -0.4 is 0 Å². The summed E-state index contributed by atoms with van der Waals surface area (Å²) in [6.45, 7) is 1.97. The van der Waals surface area contributed by atoms with E-state index in [0.29, 0.717) is 5.02 Å². The van der Waals surface area contributed by atoms with E-state index in [4.69, 9.17) is 11.6 Å². The van der Waals surface area contributed by atoms with Crippen molar-refractivity contribution in [1.82, 2.24) is 14.5 Å². The van der Waals surface area contributed by atoms with E-state index >= 15 is 0 Å². The highest BCUT2D eigenvalue weighted by molar-refractivity contribution is 6.31. The smallest absolute Gasteiger partial charge is 0.0991 e. The SMILES string of the molecule is Cc1cc(-n2ccnc2)c2ccc(Cl)cc2n1. The number of hydrogen-bond acceptors (Lipinski definition) is 2. The number of nitrogens with zero attached hydrogens (tertiary/aromatic N) is 3. The third kappa shape index (κ3) is 1.78. The van der Waals surface area contributed by atoms with Crippen LogP contribution in [0.15, 0.2) is 43.0 Å². The summed E-state index contributed by atoms with van der Waals surface area (Å²) < 4.78 is 1.98. The molecular formula is C13H10ClN3. The Kier molecular flexibility index (Phi) is 2.34. The van der Waals surface area contributed by atoms with E-state index in [1.54, 1.807) is 12.5 Å². The molecule has 0 aliphatic heterocycles. The Morgan fingerprint density at radius 2 is 2.12 bits per heavy atom. The van der Waals surface area contributed by atoms with Crippen LogP contribution in [0, 0.1) is 6.92 Å². The molecule has 0 aliphatic rings. The van der Waals surface area contributed by atoms with Crippen LogP contribution in [-0.4, -0.2) is 14.5 Å². The van der Waals surface area contributed by atoms with Gasteiger partial charge >= 0.3 is 0 Å². The predicted octanol–water partition coefficient (Wildman–Crippen LogP) is 3.38. The van der Waals surface area contributed by atoms with Crippen LogP contribution in [0.5, 0.6) is 0 Å². The average Bonchev–Trinajstić information content (AvgIpc) is 2.80. The van der Waals surface area contributed by atoms with Crippen molar-refractivity contribution in [1.29, 1.82) is 0 Å². The van der Waals surface area contributed by atoms with E-state index in [1.807, 2.05) is 42.0 Å². The molecule has 17 heavy (non-hydrogen) atoms. The summed E-state index contributed by atoms with van der Waals surface area (Å²) >= 11 is 5.99. The lowest BCUT2D eigenvalue weighted by molar-refractivity contribution is 1.06. The molecule has 0 atom stereocenters. The molecule has 0 unspecified atom stereocenters. The highest BCUT2D eigenvalue weighted by Crippen LogP contribution is 2.24. The number of pyridine rings is 1. The van der Waals surface area contributed by atoms with Crippen molar-refractivity contribution in [3.63, 3.8) is 0 Å². The fourth-order valence-electron chi connectivity index (χ4n) is 1.93. The lowest BCUT2D eigenvalue weighted by atomic mass is 10.1. The second kappa shape index (κ2) is 3.86. The van der Waals surface area contributed by atoms with E-state index < -0.39 is 0 Å². The molecule has 0 saturated carbocycles. The lowest BCUT2D eigenvalue weighted by Gasteiger charge is -2.08. The molecule has 1 aromatic carbocycles. The van der Waals surface area contributed by atoms with Crippen LogP contribution in [0.4, 0.5) is 0 Å². The van der Waals surface area contributed by atoms with Gasteiger partial charge in [0.2, 0.25) is 0 Å². The Bertz CT molecular complexity index is 669. The highest BCUT2D eigenvalue weighted by atomic mass is 35.5. The first-order valence-electron chi connectivity index (χ1n) is 5.29. The number of halogens is 1. The molecule has 0 radical (unpaired) electrons. The average molecular weight is 244 g/mol. The summed E-state index contributed by atoms with van der Waals surface area (Å²) in [5, 5.41) is 1.77. The molecule has 0 saturated heterocycles. The molecule has 2 aromatic heterocycles. The zero-order chi connectivity index (χ0) is 11.8.